The van der Waals surface area contributed by atoms with Crippen LogP contribution in [0.4, 0.5) is 34.8 Å². The molecule has 1 amide bonds. The number of nitrogens with zero attached hydrogens (tertiary/aromatic N) is 3. The minimum atomic E-state index is -4.88. The van der Waals surface area contributed by atoms with Gasteiger partial charge in [0.05, 0.1) is 22.7 Å². The second-order valence-electron chi connectivity index (χ2n) is 8.87. The molecule has 1 aliphatic heterocycles. The third kappa shape index (κ3) is 3.53. The number of fused-ring (bicyclic) bond motifs is 2. The molecular formula is C23H23F4N5O. The van der Waals surface area contributed by atoms with Gasteiger partial charge in [0, 0.05) is 34.8 Å². The normalized spacial score (nSPS) is 16.3. The number of hydrogen-bond donors (Lipinski definition) is 2. The average molecular weight is 461 g/mol. The topological polar surface area (TPSA) is 84.1 Å². The molecule has 2 aromatic carbocycles. The van der Waals surface area contributed by atoms with Gasteiger partial charge in [0.15, 0.2) is 5.82 Å². The maximum absolute atomic E-state index is 14.7. The highest BCUT2D eigenvalue weighted by atomic mass is 19.4. The largest absolute Gasteiger partial charge is 0.419 e. The van der Waals surface area contributed by atoms with Crippen LogP contribution in [0, 0.1) is 12.7 Å². The van der Waals surface area contributed by atoms with Gasteiger partial charge in [0.2, 0.25) is 5.91 Å². The van der Waals surface area contributed by atoms with E-state index in [0.717, 1.165) is 10.9 Å². The molecule has 0 fully saturated rings. The Morgan fingerprint density at radius 1 is 1.12 bits per heavy atom. The summed E-state index contributed by atoms with van der Waals surface area (Å²) in [7, 11) is 1.68. The van der Waals surface area contributed by atoms with E-state index in [1.807, 2.05) is 19.9 Å². The SMILES string of the molecule is Cc1nnc(NC(C)c2cc(N)cc(C(F)(F)F)c2F)c2cc3c(cc12)C(C)(C)C(=O)N3C. The number of carbonyl (C=O) groups excluding carboxylic acids is 1. The van der Waals surface area contributed by atoms with E-state index in [-0.39, 0.29) is 23.0 Å². The summed E-state index contributed by atoms with van der Waals surface area (Å²) in [6, 6.07) is 4.52. The van der Waals surface area contributed by atoms with Crippen molar-refractivity contribution in [2.75, 3.05) is 23.0 Å². The number of nitrogens with two attached hydrogens (primary N) is 1. The average Bonchev–Trinajstić information content (AvgIpc) is 2.89. The summed E-state index contributed by atoms with van der Waals surface area (Å²) < 4.78 is 54.5. The predicted molar refractivity (Wildman–Crippen MR) is 119 cm³/mol. The van der Waals surface area contributed by atoms with Crippen LogP contribution in [-0.4, -0.2) is 23.2 Å². The molecule has 0 bridgehead atoms. The molecular weight excluding hydrogens is 438 g/mol. The number of rotatable bonds is 3. The van der Waals surface area contributed by atoms with Gasteiger partial charge >= 0.3 is 6.18 Å². The standard InChI is InChI=1S/C23H23F4N5O/c1-10(14-6-12(28)7-17(19(14)24)23(25,26)27)29-20-15-9-18-16(8-13(15)11(2)30-31-20)22(3,4)21(33)32(18)5/h6-10H,28H2,1-5H3,(H,29,31). The van der Waals surface area contributed by atoms with Crippen molar-refractivity contribution in [3.63, 3.8) is 0 Å². The van der Waals surface area contributed by atoms with Crippen molar-refractivity contribution in [3.8, 4) is 0 Å². The lowest BCUT2D eigenvalue weighted by atomic mass is 9.85. The molecule has 1 unspecified atom stereocenters. The summed E-state index contributed by atoms with van der Waals surface area (Å²) in [6.45, 7) is 6.97. The summed E-state index contributed by atoms with van der Waals surface area (Å²) in [4.78, 5) is 14.3. The summed E-state index contributed by atoms with van der Waals surface area (Å²) in [6.07, 6.45) is -4.88. The van der Waals surface area contributed by atoms with Gasteiger partial charge in [-0.1, -0.05) is 0 Å². The van der Waals surface area contributed by atoms with Crippen LogP contribution < -0.4 is 16.0 Å². The van der Waals surface area contributed by atoms with E-state index in [2.05, 4.69) is 15.5 Å². The van der Waals surface area contributed by atoms with Crippen LogP contribution in [0.1, 0.15) is 49.2 Å². The minimum Gasteiger partial charge on any atom is -0.399 e. The molecule has 1 aliphatic rings. The van der Waals surface area contributed by atoms with Gasteiger partial charge < -0.3 is 16.0 Å². The van der Waals surface area contributed by atoms with Gasteiger partial charge in [-0.05, 0) is 57.5 Å². The highest BCUT2D eigenvalue weighted by Gasteiger charge is 2.42. The number of nitrogens with one attached hydrogen (secondary N) is 1. The number of benzene rings is 2. The van der Waals surface area contributed by atoms with Gasteiger partial charge in [-0.2, -0.15) is 18.3 Å². The van der Waals surface area contributed by atoms with Gasteiger partial charge in [0.25, 0.3) is 0 Å². The van der Waals surface area contributed by atoms with E-state index < -0.39 is 29.0 Å². The van der Waals surface area contributed by atoms with Crippen LogP contribution in [0.25, 0.3) is 10.8 Å². The van der Waals surface area contributed by atoms with E-state index >= 15 is 0 Å². The van der Waals surface area contributed by atoms with Gasteiger partial charge in [-0.25, -0.2) is 4.39 Å². The van der Waals surface area contributed by atoms with Crippen LogP contribution in [0.3, 0.4) is 0 Å². The highest BCUT2D eigenvalue weighted by Crippen LogP contribution is 2.44. The summed E-state index contributed by atoms with van der Waals surface area (Å²) in [5.41, 5.74) is 5.21. The Kier molecular flexibility index (Phi) is 5.03. The molecule has 10 heteroatoms. The maximum atomic E-state index is 14.7. The lowest BCUT2D eigenvalue weighted by molar-refractivity contribution is -0.140. The fraction of sp³-hybridized carbons (Fsp3) is 0.348. The Bertz CT molecular complexity index is 1300. The van der Waals surface area contributed by atoms with Crippen molar-refractivity contribution < 1.29 is 22.4 Å². The second-order valence-corrected chi connectivity index (χ2v) is 8.87. The molecule has 1 aromatic heterocycles. The monoisotopic (exact) mass is 461 g/mol. The first-order valence-corrected chi connectivity index (χ1v) is 10.3. The maximum Gasteiger partial charge on any atom is 0.419 e. The zero-order valence-electron chi connectivity index (χ0n) is 18.7. The molecule has 6 nitrogen and oxygen atoms in total. The third-order valence-corrected chi connectivity index (χ3v) is 6.20. The van der Waals surface area contributed by atoms with Crippen molar-refractivity contribution in [1.29, 1.82) is 0 Å². The van der Waals surface area contributed by atoms with Gasteiger partial charge in [-0.15, -0.1) is 5.10 Å². The number of aromatic nitrogens is 2. The van der Waals surface area contributed by atoms with Crippen molar-refractivity contribution in [2.45, 2.75) is 45.3 Å². The molecule has 174 valence electrons. The van der Waals surface area contributed by atoms with Crippen molar-refractivity contribution in [3.05, 3.63) is 52.5 Å². The molecule has 0 saturated carbocycles. The minimum absolute atomic E-state index is 0.0595. The summed E-state index contributed by atoms with van der Waals surface area (Å²) >= 11 is 0. The number of carbonyl (C=O) groups is 1. The van der Waals surface area contributed by atoms with Gasteiger partial charge in [0.1, 0.15) is 5.82 Å². The zero-order valence-corrected chi connectivity index (χ0v) is 18.7. The molecule has 1 atom stereocenters. The summed E-state index contributed by atoms with van der Waals surface area (Å²) in [5, 5.41) is 12.6. The Labute approximate surface area is 187 Å². The molecule has 0 radical (unpaired) electrons. The molecule has 4 rings (SSSR count). The predicted octanol–water partition coefficient (Wildman–Crippen LogP) is 5.11. The number of halogens is 4. The number of hydrogen-bond acceptors (Lipinski definition) is 5. The zero-order chi connectivity index (χ0) is 24.5. The quantitative estimate of drug-likeness (QED) is 0.419. The van der Waals surface area contributed by atoms with E-state index in [9.17, 15) is 22.4 Å². The first-order chi connectivity index (χ1) is 15.2. The summed E-state index contributed by atoms with van der Waals surface area (Å²) in [5.74, 6) is -1.20. The van der Waals surface area contributed by atoms with E-state index in [0.29, 0.717) is 22.8 Å². The Hall–Kier alpha value is -3.43. The van der Waals surface area contributed by atoms with Crippen LogP contribution in [0.2, 0.25) is 0 Å². The number of amides is 1. The van der Waals surface area contributed by atoms with Crippen LogP contribution in [-0.2, 0) is 16.4 Å². The van der Waals surface area contributed by atoms with Gasteiger partial charge in [-0.3, -0.25) is 4.79 Å². The Morgan fingerprint density at radius 3 is 2.42 bits per heavy atom. The lowest BCUT2D eigenvalue weighted by Crippen LogP contribution is -2.33. The van der Waals surface area contributed by atoms with Crippen LogP contribution in [0.15, 0.2) is 24.3 Å². The molecule has 3 aromatic rings. The fourth-order valence-corrected chi connectivity index (χ4v) is 4.32. The van der Waals surface area contributed by atoms with Crippen LogP contribution in [0.5, 0.6) is 0 Å². The first-order valence-electron chi connectivity index (χ1n) is 10.3. The number of alkyl halides is 3. The lowest BCUT2D eigenvalue weighted by Gasteiger charge is -2.20. The number of likely N-dealkylation sites (N-methyl/N-ethyl adjacent to an activating group) is 1. The second kappa shape index (κ2) is 7.29. The fourth-order valence-electron chi connectivity index (χ4n) is 4.32. The first kappa shape index (κ1) is 22.8. The molecule has 0 saturated heterocycles. The van der Waals surface area contributed by atoms with E-state index in [1.165, 1.54) is 13.0 Å². The number of anilines is 3. The van der Waals surface area contributed by atoms with Crippen LogP contribution >= 0.6 is 0 Å². The molecule has 33 heavy (non-hydrogen) atoms. The molecule has 0 aliphatic carbocycles. The van der Waals surface area contributed by atoms with E-state index in [4.69, 9.17) is 5.73 Å². The third-order valence-electron chi connectivity index (χ3n) is 6.20. The Morgan fingerprint density at radius 2 is 1.79 bits per heavy atom. The Balaban J connectivity index is 1.82. The number of aryl methyl sites for hydroxylation is 1. The van der Waals surface area contributed by atoms with E-state index in [1.54, 1.807) is 24.9 Å². The smallest absolute Gasteiger partial charge is 0.399 e. The highest BCUT2D eigenvalue weighted by molar-refractivity contribution is 6.10. The molecule has 3 N–H and O–H groups in total. The van der Waals surface area contributed by atoms with Crippen molar-refractivity contribution in [2.24, 2.45) is 0 Å². The number of nitrogen functional groups attached to an aromatic ring is 1. The van der Waals surface area contributed by atoms with Crippen molar-refractivity contribution >= 4 is 33.9 Å². The van der Waals surface area contributed by atoms with Crippen molar-refractivity contribution in [1.82, 2.24) is 10.2 Å². The molecule has 0 spiro atoms. The molecule has 2 heterocycles.